The molecule has 1 aromatic carbocycles. The summed E-state index contributed by atoms with van der Waals surface area (Å²) in [6.45, 7) is 0.740. The van der Waals surface area contributed by atoms with E-state index in [2.05, 4.69) is 46.0 Å². The number of H-pyrrole nitrogens is 1. The lowest BCUT2D eigenvalue weighted by atomic mass is 9.74. The highest BCUT2D eigenvalue weighted by molar-refractivity contribution is 7.87. The molecule has 1 aliphatic heterocycles. The number of rotatable bonds is 3. The lowest BCUT2D eigenvalue weighted by molar-refractivity contribution is 0.135. The van der Waals surface area contributed by atoms with Gasteiger partial charge in [-0.1, -0.05) is 12.1 Å². The number of piperidine rings is 1. The second-order valence-electron chi connectivity index (χ2n) is 7.24. The maximum atomic E-state index is 12.2. The van der Waals surface area contributed by atoms with Crippen LogP contribution in [-0.4, -0.2) is 62.4 Å². The number of aromatic nitrogens is 1. The summed E-state index contributed by atoms with van der Waals surface area (Å²) in [6, 6.07) is 6.76. The molecule has 1 aliphatic carbocycles. The van der Waals surface area contributed by atoms with E-state index in [1.807, 2.05) is 0 Å². The Morgan fingerprint density at radius 1 is 1.33 bits per heavy atom. The summed E-state index contributed by atoms with van der Waals surface area (Å²) in [6.07, 6.45) is 3.98. The van der Waals surface area contributed by atoms with Crippen LogP contribution in [0.1, 0.15) is 23.5 Å². The quantitative estimate of drug-likeness (QED) is 0.878. The van der Waals surface area contributed by atoms with E-state index in [0.29, 0.717) is 12.0 Å². The van der Waals surface area contributed by atoms with Crippen LogP contribution in [0.2, 0.25) is 0 Å². The first-order chi connectivity index (χ1) is 11.4. The van der Waals surface area contributed by atoms with E-state index in [9.17, 15) is 8.42 Å². The average Bonchev–Trinajstić information content (AvgIpc) is 2.93. The molecule has 2 aromatic rings. The largest absolute Gasteiger partial charge is 0.361 e. The zero-order valence-corrected chi connectivity index (χ0v) is 15.1. The fourth-order valence-corrected chi connectivity index (χ4v) is 5.15. The molecule has 2 aliphatic rings. The standard InChI is InChI=1S/C17H24N4O2S/c1-20(2)24(22,23)19-12-8-14-13-5-4-6-15-17(13)11(9-18-15)7-16(14)21(3)10-12/h4-6,9,12,14,16,18-19H,7-8,10H2,1-3H3/t12-,14+,16+/m0/s1. The zero-order valence-electron chi connectivity index (χ0n) is 14.3. The highest BCUT2D eigenvalue weighted by Gasteiger charge is 2.40. The van der Waals surface area contributed by atoms with E-state index in [1.54, 1.807) is 14.1 Å². The smallest absolute Gasteiger partial charge is 0.279 e. The minimum absolute atomic E-state index is 0.0700. The molecule has 2 heterocycles. The Kier molecular flexibility index (Phi) is 3.72. The predicted octanol–water partition coefficient (Wildman–Crippen LogP) is 1.28. The molecular formula is C17H24N4O2S. The molecule has 0 radical (unpaired) electrons. The Balaban J connectivity index is 1.69. The maximum Gasteiger partial charge on any atom is 0.279 e. The van der Waals surface area contributed by atoms with Gasteiger partial charge in [-0.15, -0.1) is 0 Å². The Morgan fingerprint density at radius 2 is 2.12 bits per heavy atom. The van der Waals surface area contributed by atoms with Gasteiger partial charge in [0, 0.05) is 55.7 Å². The molecule has 24 heavy (non-hydrogen) atoms. The van der Waals surface area contributed by atoms with E-state index in [-0.39, 0.29) is 6.04 Å². The molecule has 1 aromatic heterocycles. The highest BCUT2D eigenvalue weighted by atomic mass is 32.2. The minimum atomic E-state index is -3.41. The molecule has 1 fully saturated rings. The van der Waals surface area contributed by atoms with Gasteiger partial charge in [0.2, 0.25) is 0 Å². The van der Waals surface area contributed by atoms with Crippen LogP contribution in [-0.2, 0) is 16.6 Å². The summed E-state index contributed by atoms with van der Waals surface area (Å²) in [7, 11) is 1.81. The van der Waals surface area contributed by atoms with Crippen LogP contribution >= 0.6 is 0 Å². The number of hydrogen-bond donors (Lipinski definition) is 2. The number of nitrogens with zero attached hydrogens (tertiary/aromatic N) is 2. The molecule has 0 saturated carbocycles. The molecular weight excluding hydrogens is 324 g/mol. The van der Waals surface area contributed by atoms with E-state index < -0.39 is 10.2 Å². The summed E-state index contributed by atoms with van der Waals surface area (Å²) >= 11 is 0. The summed E-state index contributed by atoms with van der Waals surface area (Å²) in [5, 5.41) is 1.34. The first-order valence-corrected chi connectivity index (χ1v) is 9.79. The summed E-state index contributed by atoms with van der Waals surface area (Å²) in [5.74, 6) is 0.352. The number of aromatic amines is 1. The fraction of sp³-hybridized carbons (Fsp3) is 0.529. The van der Waals surface area contributed by atoms with Crippen LogP contribution in [0.15, 0.2) is 24.4 Å². The van der Waals surface area contributed by atoms with Crippen LogP contribution < -0.4 is 4.72 Å². The van der Waals surface area contributed by atoms with Crippen molar-refractivity contribution in [1.82, 2.24) is 18.9 Å². The van der Waals surface area contributed by atoms with E-state index >= 15 is 0 Å². The van der Waals surface area contributed by atoms with Crippen molar-refractivity contribution in [3.8, 4) is 0 Å². The van der Waals surface area contributed by atoms with Crippen LogP contribution in [0.25, 0.3) is 10.9 Å². The lowest BCUT2D eigenvalue weighted by Crippen LogP contribution is -2.56. The first kappa shape index (κ1) is 16.1. The van der Waals surface area contributed by atoms with E-state index in [4.69, 9.17) is 0 Å². The topological polar surface area (TPSA) is 68.4 Å². The normalized spacial score (nSPS) is 27.6. The summed E-state index contributed by atoms with van der Waals surface area (Å²) < 4.78 is 28.5. The van der Waals surface area contributed by atoms with Gasteiger partial charge in [0.15, 0.2) is 0 Å². The van der Waals surface area contributed by atoms with Crippen molar-refractivity contribution >= 4 is 21.1 Å². The van der Waals surface area contributed by atoms with E-state index in [0.717, 1.165) is 19.4 Å². The number of fused-ring (bicyclic) bond motifs is 2. The molecule has 0 spiro atoms. The molecule has 6 nitrogen and oxygen atoms in total. The Labute approximate surface area is 143 Å². The minimum Gasteiger partial charge on any atom is -0.361 e. The predicted molar refractivity (Wildman–Crippen MR) is 95.3 cm³/mol. The van der Waals surface area contributed by atoms with Crippen molar-refractivity contribution in [2.24, 2.45) is 0 Å². The van der Waals surface area contributed by atoms with Gasteiger partial charge in [0.05, 0.1) is 0 Å². The molecule has 3 atom stereocenters. The fourth-order valence-electron chi connectivity index (χ4n) is 4.34. The van der Waals surface area contributed by atoms with Gasteiger partial charge in [-0.2, -0.15) is 17.4 Å². The maximum absolute atomic E-state index is 12.2. The third-order valence-corrected chi connectivity index (χ3v) is 7.11. The van der Waals surface area contributed by atoms with Crippen molar-refractivity contribution < 1.29 is 8.42 Å². The van der Waals surface area contributed by atoms with Crippen LogP contribution in [0.3, 0.4) is 0 Å². The second-order valence-corrected chi connectivity index (χ2v) is 9.16. The highest BCUT2D eigenvalue weighted by Crippen LogP contribution is 2.42. The van der Waals surface area contributed by atoms with Gasteiger partial charge in [0.1, 0.15) is 0 Å². The number of nitrogens with one attached hydrogen (secondary N) is 2. The van der Waals surface area contributed by atoms with Gasteiger partial charge < -0.3 is 9.88 Å². The lowest BCUT2D eigenvalue weighted by Gasteiger charge is -2.45. The zero-order chi connectivity index (χ0) is 17.1. The number of likely N-dealkylation sites (N-methyl/N-ethyl adjacent to an activating group) is 1. The Bertz CT molecular complexity index is 874. The van der Waals surface area contributed by atoms with Gasteiger partial charge in [-0.05, 0) is 37.1 Å². The van der Waals surface area contributed by atoms with Crippen molar-refractivity contribution in [3.05, 3.63) is 35.5 Å². The van der Waals surface area contributed by atoms with Crippen LogP contribution in [0.5, 0.6) is 0 Å². The summed E-state index contributed by atoms with van der Waals surface area (Å²) in [4.78, 5) is 5.68. The number of benzene rings is 1. The SMILES string of the molecule is CN1C[C@@H](NS(=O)(=O)N(C)C)C[C@@H]2c3cccc4[nH]cc(c34)C[C@H]21. The van der Waals surface area contributed by atoms with Gasteiger partial charge in [-0.3, -0.25) is 0 Å². The molecule has 7 heteroatoms. The molecule has 0 amide bonds. The molecule has 1 saturated heterocycles. The van der Waals surface area contributed by atoms with E-state index in [1.165, 1.54) is 26.3 Å². The second kappa shape index (κ2) is 5.56. The molecule has 130 valence electrons. The van der Waals surface area contributed by atoms with Crippen molar-refractivity contribution in [3.63, 3.8) is 0 Å². The van der Waals surface area contributed by atoms with Gasteiger partial charge >= 0.3 is 0 Å². The number of likely N-dealkylation sites (tertiary alicyclic amines) is 1. The van der Waals surface area contributed by atoms with Crippen LogP contribution in [0.4, 0.5) is 0 Å². The Morgan fingerprint density at radius 3 is 2.88 bits per heavy atom. The van der Waals surface area contributed by atoms with Crippen LogP contribution in [0, 0.1) is 0 Å². The third kappa shape index (κ3) is 2.47. The molecule has 2 N–H and O–H groups in total. The monoisotopic (exact) mass is 348 g/mol. The average molecular weight is 348 g/mol. The van der Waals surface area contributed by atoms with Crippen molar-refractivity contribution in [2.75, 3.05) is 27.7 Å². The van der Waals surface area contributed by atoms with Gasteiger partial charge in [-0.25, -0.2) is 0 Å². The Hall–Kier alpha value is -1.41. The molecule has 0 bridgehead atoms. The van der Waals surface area contributed by atoms with Crippen molar-refractivity contribution in [2.45, 2.75) is 30.8 Å². The first-order valence-electron chi connectivity index (χ1n) is 8.35. The summed E-state index contributed by atoms with van der Waals surface area (Å²) in [5.41, 5.74) is 3.90. The van der Waals surface area contributed by atoms with Gasteiger partial charge in [0.25, 0.3) is 10.2 Å². The van der Waals surface area contributed by atoms with Crippen molar-refractivity contribution in [1.29, 1.82) is 0 Å². The molecule has 4 rings (SSSR count). The number of hydrogen-bond acceptors (Lipinski definition) is 3. The third-order valence-electron chi connectivity index (χ3n) is 5.52. The molecule has 0 unspecified atom stereocenters.